The van der Waals surface area contributed by atoms with Crippen LogP contribution >= 0.6 is 35.1 Å². The summed E-state index contributed by atoms with van der Waals surface area (Å²) >= 11 is 1.03. The molecule has 1 aliphatic heterocycles. The number of ether oxygens (including phenoxy) is 1. The lowest BCUT2D eigenvalue weighted by atomic mass is 10.1. The molecule has 0 amide bonds. The molecule has 8 atom stereocenters. The predicted molar refractivity (Wildman–Crippen MR) is 139 cm³/mol. The van der Waals surface area contributed by atoms with E-state index in [0.717, 1.165) is 22.9 Å². The van der Waals surface area contributed by atoms with Gasteiger partial charge in [0, 0.05) is 5.25 Å². The zero-order chi connectivity index (χ0) is 30.8. The summed E-state index contributed by atoms with van der Waals surface area (Å²) in [6.45, 7) is -0.697. The van der Waals surface area contributed by atoms with Crippen LogP contribution in [0.15, 0.2) is 12.7 Å². The van der Waals surface area contributed by atoms with Gasteiger partial charge in [-0.1, -0.05) is 0 Å². The molecule has 0 spiro atoms. The number of nitrogens with zero attached hydrogens (tertiary/aromatic N) is 4. The molecule has 25 heteroatoms. The number of thioether (sulfide) groups is 1. The highest BCUT2D eigenvalue weighted by Crippen LogP contribution is 2.61. The summed E-state index contributed by atoms with van der Waals surface area (Å²) < 4.78 is 50.5. The molecular weight excluding hydrogens is 639 g/mol. The number of rotatable bonds is 15. The summed E-state index contributed by atoms with van der Waals surface area (Å²) in [6.07, 6.45) is -3.38. The summed E-state index contributed by atoms with van der Waals surface area (Å²) in [7, 11) is -16.2. The molecule has 2 aromatic rings. The minimum absolute atomic E-state index is 0.0299. The summed E-state index contributed by atoms with van der Waals surface area (Å²) in [5.41, 5.74) is 11.7. The molecule has 0 radical (unpaired) electrons. The molecule has 1 saturated heterocycles. The van der Waals surface area contributed by atoms with Crippen molar-refractivity contribution >= 4 is 58.0 Å². The number of anilines is 1. The van der Waals surface area contributed by atoms with Crippen molar-refractivity contribution in [3.05, 3.63) is 12.7 Å². The highest BCUT2D eigenvalue weighted by atomic mass is 32.2. The van der Waals surface area contributed by atoms with Gasteiger partial charge in [-0.15, -0.1) is 4.86 Å². The Bertz CT molecular complexity index is 1380. The lowest BCUT2D eigenvalue weighted by Crippen LogP contribution is -2.38. The lowest BCUT2D eigenvalue weighted by Gasteiger charge is -2.26. The third kappa shape index (κ3) is 9.20. The number of carboxylic acids is 1. The van der Waals surface area contributed by atoms with Gasteiger partial charge in [0.1, 0.15) is 36.2 Å². The number of hydrogen-bond acceptors (Lipinski definition) is 15. The van der Waals surface area contributed by atoms with Crippen molar-refractivity contribution in [1.29, 1.82) is 0 Å². The molecular formula is C16H28N7O14P3S. The van der Waals surface area contributed by atoms with Crippen LogP contribution in [0.4, 0.5) is 5.82 Å². The zero-order valence-corrected chi connectivity index (χ0v) is 24.1. The standard InChI is InChI=1S/C16H28N7O14P3S/c17-7(16(26)27)2-4-41-8(1-3-35-40(33,34)37-39(31,32)22-38(28,29)30)12-10(24)11(25)15(36-12)23-6-21-9-13(18)19-5-20-14(9)23/h5-8,10-12,15,24-25H,1-4,17H2,(H,26,27)(H,33,34)(H2,18,19,20)(H4,22,28,29,30,31,32)/t7?,8?,10-,11+,12+,15+/m0/s1. The van der Waals surface area contributed by atoms with E-state index in [4.69, 9.17) is 31.1 Å². The van der Waals surface area contributed by atoms with E-state index in [1.54, 1.807) is 0 Å². The third-order valence-electron chi connectivity index (χ3n) is 5.51. The molecule has 0 bridgehead atoms. The number of carboxylic acid groups (broad SMARTS) is 1. The van der Waals surface area contributed by atoms with Crippen LogP contribution in [-0.4, -0.2) is 102 Å². The Kier molecular flexibility index (Phi) is 11.1. The lowest BCUT2D eigenvalue weighted by molar-refractivity contribution is -0.138. The maximum absolute atomic E-state index is 12.1. The number of aromatic nitrogens is 4. The molecule has 2 aromatic heterocycles. The number of carbonyl (C=O) groups is 1. The van der Waals surface area contributed by atoms with Crippen LogP contribution in [0.1, 0.15) is 19.1 Å². The minimum Gasteiger partial charge on any atom is -0.480 e. The minimum atomic E-state index is -5.49. The van der Waals surface area contributed by atoms with Gasteiger partial charge in [0.2, 0.25) is 0 Å². The Morgan fingerprint density at radius 2 is 1.83 bits per heavy atom. The van der Waals surface area contributed by atoms with Crippen molar-refractivity contribution in [3.8, 4) is 0 Å². The van der Waals surface area contributed by atoms with E-state index in [0.29, 0.717) is 0 Å². The molecule has 12 N–H and O–H groups in total. The van der Waals surface area contributed by atoms with E-state index in [1.165, 1.54) is 10.9 Å². The summed E-state index contributed by atoms with van der Waals surface area (Å²) in [5.74, 6) is -1.12. The fourth-order valence-corrected chi connectivity index (χ4v) is 8.53. The van der Waals surface area contributed by atoms with Gasteiger partial charge in [-0.3, -0.25) is 13.9 Å². The topological polar surface area (TPSA) is 345 Å². The van der Waals surface area contributed by atoms with E-state index in [1.807, 2.05) is 0 Å². The summed E-state index contributed by atoms with van der Waals surface area (Å²) in [6, 6.07) is -1.22. The van der Waals surface area contributed by atoms with Crippen LogP contribution in [0.5, 0.6) is 0 Å². The van der Waals surface area contributed by atoms with Crippen LogP contribution in [0.2, 0.25) is 0 Å². The van der Waals surface area contributed by atoms with Crippen molar-refractivity contribution in [3.63, 3.8) is 0 Å². The van der Waals surface area contributed by atoms with E-state index in [-0.39, 0.29) is 35.6 Å². The van der Waals surface area contributed by atoms with Gasteiger partial charge in [-0.05, 0) is 18.6 Å². The molecule has 21 nitrogen and oxygen atoms in total. The normalized spacial score (nSPS) is 25.9. The first-order chi connectivity index (χ1) is 18.9. The highest BCUT2D eigenvalue weighted by Gasteiger charge is 2.48. The fourth-order valence-electron chi connectivity index (χ4n) is 3.72. The largest absolute Gasteiger partial charge is 0.480 e. The van der Waals surface area contributed by atoms with Crippen molar-refractivity contribution in [2.75, 3.05) is 18.1 Å². The van der Waals surface area contributed by atoms with Gasteiger partial charge in [0.15, 0.2) is 17.7 Å². The SMILES string of the molecule is Nc1ncnc2c1ncn2[C@@H]1O[C@H](C(CCOP(=O)(O)OP(=O)(O)NP(=O)(O)O)SCCC(N)C(=O)O)[C@@H](O)[C@H]1O. The number of nitrogens with one attached hydrogen (secondary N) is 1. The van der Waals surface area contributed by atoms with E-state index in [9.17, 15) is 38.5 Å². The molecule has 0 aliphatic carbocycles. The smallest absolute Gasteiger partial charge is 0.480 e. The Morgan fingerprint density at radius 3 is 2.46 bits per heavy atom. The maximum Gasteiger partial charge on any atom is 0.480 e. The Hall–Kier alpha value is -1.58. The molecule has 0 saturated carbocycles. The molecule has 3 rings (SSSR count). The molecule has 0 aromatic carbocycles. The van der Waals surface area contributed by atoms with Gasteiger partial charge < -0.3 is 51.1 Å². The first-order valence-corrected chi connectivity index (χ1v) is 17.1. The van der Waals surface area contributed by atoms with Gasteiger partial charge in [0.25, 0.3) is 0 Å². The molecule has 232 valence electrons. The van der Waals surface area contributed by atoms with Crippen LogP contribution in [0.25, 0.3) is 11.2 Å². The molecule has 1 fully saturated rings. The Labute approximate surface area is 234 Å². The predicted octanol–water partition coefficient (Wildman–Crippen LogP) is -1.76. The van der Waals surface area contributed by atoms with Crippen molar-refractivity contribution in [1.82, 2.24) is 24.4 Å². The first-order valence-electron chi connectivity index (χ1n) is 11.3. The first kappa shape index (κ1) is 33.9. The number of aliphatic hydroxyl groups excluding tert-OH is 2. The number of phosphoric acid groups is 1. The van der Waals surface area contributed by atoms with E-state index >= 15 is 0 Å². The van der Waals surface area contributed by atoms with Crippen molar-refractivity contribution in [2.24, 2.45) is 5.73 Å². The van der Waals surface area contributed by atoms with Crippen molar-refractivity contribution in [2.45, 2.75) is 48.7 Å². The second-order valence-electron chi connectivity index (χ2n) is 8.53. The average molecular weight is 667 g/mol. The monoisotopic (exact) mass is 667 g/mol. The fraction of sp³-hybridized carbons (Fsp3) is 0.625. The van der Waals surface area contributed by atoms with Gasteiger partial charge in [-0.2, -0.15) is 16.1 Å². The number of nitrogen functional groups attached to an aromatic ring is 1. The van der Waals surface area contributed by atoms with Crippen LogP contribution < -0.4 is 16.3 Å². The second-order valence-corrected chi connectivity index (χ2v) is 14.7. The highest BCUT2D eigenvalue weighted by molar-refractivity contribution is 7.99. The molecule has 4 unspecified atom stereocenters. The quantitative estimate of drug-likeness (QED) is 0.0940. The van der Waals surface area contributed by atoms with Crippen LogP contribution in [-0.2, 0) is 32.1 Å². The third-order valence-corrected chi connectivity index (χ3v) is 11.2. The zero-order valence-electron chi connectivity index (χ0n) is 20.6. The molecule has 3 heterocycles. The number of aliphatic hydroxyl groups is 2. The average Bonchev–Trinajstić information content (AvgIpc) is 3.37. The summed E-state index contributed by atoms with van der Waals surface area (Å²) in [4.78, 5) is 60.5. The number of aliphatic carboxylic acids is 1. The number of hydrogen-bond donors (Lipinski definition) is 10. The van der Waals surface area contributed by atoms with Gasteiger partial charge in [-0.25, -0.2) is 28.6 Å². The number of nitrogens with two attached hydrogens (primary N) is 2. The van der Waals surface area contributed by atoms with Crippen LogP contribution in [0.3, 0.4) is 0 Å². The molecule has 1 aliphatic rings. The number of imidazole rings is 1. The Morgan fingerprint density at radius 1 is 1.15 bits per heavy atom. The van der Waals surface area contributed by atoms with E-state index in [2.05, 4.69) is 23.8 Å². The van der Waals surface area contributed by atoms with Gasteiger partial charge in [0.05, 0.1) is 12.9 Å². The van der Waals surface area contributed by atoms with E-state index < -0.39 is 71.7 Å². The van der Waals surface area contributed by atoms with Crippen LogP contribution in [0, 0.1) is 0 Å². The Balaban J connectivity index is 1.74. The summed E-state index contributed by atoms with van der Waals surface area (Å²) in [5, 5.41) is 29.7. The van der Waals surface area contributed by atoms with Gasteiger partial charge >= 0.3 is 29.3 Å². The number of fused-ring (bicyclic) bond motifs is 1. The van der Waals surface area contributed by atoms with Crippen molar-refractivity contribution < 1.29 is 67.0 Å². The molecule has 41 heavy (non-hydrogen) atoms. The second kappa shape index (κ2) is 13.4. The maximum atomic E-state index is 12.1. The number of phosphoric ester groups is 1.